The topological polar surface area (TPSA) is 68.5 Å². The number of rotatable bonds is 5. The lowest BCUT2D eigenvalue weighted by Gasteiger charge is -2.07. The van der Waals surface area contributed by atoms with Crippen molar-refractivity contribution in [3.8, 4) is 22.5 Å². The van der Waals surface area contributed by atoms with Crippen LogP contribution in [-0.2, 0) is 4.74 Å². The maximum absolute atomic E-state index is 13.0. The summed E-state index contributed by atoms with van der Waals surface area (Å²) in [6.07, 6.45) is 0. The van der Waals surface area contributed by atoms with Gasteiger partial charge in [-0.2, -0.15) is 0 Å². The third kappa shape index (κ3) is 4.30. The van der Waals surface area contributed by atoms with Gasteiger partial charge in [-0.05, 0) is 36.8 Å². The van der Waals surface area contributed by atoms with E-state index in [-0.39, 0.29) is 0 Å². The minimum Gasteiger partial charge on any atom is -0.465 e. The van der Waals surface area contributed by atoms with Crippen molar-refractivity contribution in [1.29, 1.82) is 0 Å². The molecule has 32 heavy (non-hydrogen) atoms. The Hall–Kier alpha value is -3.06. The molecule has 4 aromatic rings. The SMILES string of the molecule is COC(=O)c1c(-c2ccccc2)csc1NC(=O)c1cc(-c2ccc(Cl)c(Cl)c2)oc1C. The second-order valence-corrected chi connectivity index (χ2v) is 8.57. The van der Waals surface area contributed by atoms with E-state index in [4.69, 9.17) is 32.4 Å². The number of ether oxygens (including phenoxy) is 1. The molecular formula is C24H17Cl2NO4S. The Labute approximate surface area is 198 Å². The van der Waals surface area contributed by atoms with E-state index in [9.17, 15) is 9.59 Å². The van der Waals surface area contributed by atoms with Crippen LogP contribution >= 0.6 is 34.5 Å². The number of esters is 1. The van der Waals surface area contributed by atoms with Gasteiger partial charge in [-0.1, -0.05) is 53.5 Å². The molecule has 0 radical (unpaired) electrons. The van der Waals surface area contributed by atoms with Crippen LogP contribution in [0.3, 0.4) is 0 Å². The third-order valence-corrected chi connectivity index (χ3v) is 6.49. The molecule has 0 aliphatic rings. The summed E-state index contributed by atoms with van der Waals surface area (Å²) in [4.78, 5) is 25.6. The van der Waals surface area contributed by atoms with Crippen LogP contribution in [0.1, 0.15) is 26.5 Å². The molecule has 4 rings (SSSR count). The highest BCUT2D eigenvalue weighted by Crippen LogP contribution is 2.37. The number of amides is 1. The Bertz CT molecular complexity index is 1310. The average molecular weight is 486 g/mol. The summed E-state index contributed by atoms with van der Waals surface area (Å²) in [6, 6.07) is 16.2. The van der Waals surface area contributed by atoms with E-state index in [0.29, 0.717) is 48.8 Å². The quantitative estimate of drug-likeness (QED) is 0.300. The summed E-state index contributed by atoms with van der Waals surface area (Å²) in [5.41, 5.74) is 2.89. The van der Waals surface area contributed by atoms with E-state index < -0.39 is 11.9 Å². The third-order valence-electron chi connectivity index (χ3n) is 4.86. The van der Waals surface area contributed by atoms with E-state index in [0.717, 1.165) is 5.56 Å². The molecule has 2 aromatic carbocycles. The fourth-order valence-electron chi connectivity index (χ4n) is 3.25. The van der Waals surface area contributed by atoms with Crippen molar-refractivity contribution in [2.45, 2.75) is 6.92 Å². The number of thiophene rings is 1. The Balaban J connectivity index is 1.66. The number of carbonyl (C=O) groups is 2. The lowest BCUT2D eigenvalue weighted by Crippen LogP contribution is -2.14. The molecule has 2 aromatic heterocycles. The first-order chi connectivity index (χ1) is 15.4. The number of hydrogen-bond donors (Lipinski definition) is 1. The molecule has 0 unspecified atom stereocenters. The molecule has 0 saturated heterocycles. The predicted octanol–water partition coefficient (Wildman–Crippen LogP) is 7.33. The zero-order chi connectivity index (χ0) is 22.8. The molecule has 0 bridgehead atoms. The van der Waals surface area contributed by atoms with Crippen molar-refractivity contribution in [3.63, 3.8) is 0 Å². The number of carbonyl (C=O) groups excluding carboxylic acids is 2. The Morgan fingerprint density at radius 2 is 1.75 bits per heavy atom. The summed E-state index contributed by atoms with van der Waals surface area (Å²) >= 11 is 13.3. The molecule has 0 saturated carbocycles. The monoisotopic (exact) mass is 485 g/mol. The van der Waals surface area contributed by atoms with Crippen molar-refractivity contribution in [3.05, 3.63) is 86.9 Å². The van der Waals surface area contributed by atoms with E-state index >= 15 is 0 Å². The van der Waals surface area contributed by atoms with E-state index in [2.05, 4.69) is 5.32 Å². The van der Waals surface area contributed by atoms with Gasteiger partial charge in [-0.15, -0.1) is 11.3 Å². The first-order valence-electron chi connectivity index (χ1n) is 9.51. The second kappa shape index (κ2) is 9.20. The minimum atomic E-state index is -0.527. The van der Waals surface area contributed by atoms with Gasteiger partial charge in [0.1, 0.15) is 22.1 Å². The highest BCUT2D eigenvalue weighted by Gasteiger charge is 2.24. The van der Waals surface area contributed by atoms with Gasteiger partial charge < -0.3 is 14.5 Å². The van der Waals surface area contributed by atoms with E-state index in [1.807, 2.05) is 35.7 Å². The number of halogens is 2. The largest absolute Gasteiger partial charge is 0.465 e. The average Bonchev–Trinajstić information content (AvgIpc) is 3.39. The molecule has 5 nitrogen and oxygen atoms in total. The number of nitrogens with one attached hydrogen (secondary N) is 1. The van der Waals surface area contributed by atoms with E-state index in [1.165, 1.54) is 18.4 Å². The highest BCUT2D eigenvalue weighted by molar-refractivity contribution is 7.15. The van der Waals surface area contributed by atoms with Crippen LogP contribution in [0.4, 0.5) is 5.00 Å². The first kappa shape index (κ1) is 22.1. The molecule has 162 valence electrons. The van der Waals surface area contributed by atoms with Crippen molar-refractivity contribution in [2.24, 2.45) is 0 Å². The molecule has 0 fully saturated rings. The zero-order valence-corrected chi connectivity index (χ0v) is 19.4. The first-order valence-corrected chi connectivity index (χ1v) is 11.1. The minimum absolute atomic E-state index is 0.308. The number of aryl methyl sites for hydroxylation is 1. The van der Waals surface area contributed by atoms with Gasteiger partial charge in [0.25, 0.3) is 5.91 Å². The van der Waals surface area contributed by atoms with Crippen molar-refractivity contribution >= 4 is 51.4 Å². The van der Waals surface area contributed by atoms with Crippen molar-refractivity contribution < 1.29 is 18.7 Å². The summed E-state index contributed by atoms with van der Waals surface area (Å²) < 4.78 is 10.7. The van der Waals surface area contributed by atoms with E-state index in [1.54, 1.807) is 31.2 Å². The molecule has 8 heteroatoms. The highest BCUT2D eigenvalue weighted by atomic mass is 35.5. The standard InChI is InChI=1S/C24H17Cl2NO4S/c1-13-16(11-20(31-13)15-8-9-18(25)19(26)10-15)22(28)27-23-21(24(29)30-2)17(12-32-23)14-6-4-3-5-7-14/h3-12H,1-2H3,(H,27,28). The lowest BCUT2D eigenvalue weighted by molar-refractivity contribution is 0.0603. The number of anilines is 1. The van der Waals surface area contributed by atoms with Crippen LogP contribution in [0.25, 0.3) is 22.5 Å². The van der Waals surface area contributed by atoms with Crippen LogP contribution in [-0.4, -0.2) is 19.0 Å². The van der Waals surface area contributed by atoms with Crippen LogP contribution in [0, 0.1) is 6.92 Å². The smallest absolute Gasteiger partial charge is 0.341 e. The molecule has 1 amide bonds. The van der Waals surface area contributed by atoms with Crippen LogP contribution in [0.15, 0.2) is 64.4 Å². The summed E-state index contributed by atoms with van der Waals surface area (Å²) in [7, 11) is 1.31. The van der Waals surface area contributed by atoms with Gasteiger partial charge in [0.05, 0.1) is 22.7 Å². The molecule has 0 aliphatic carbocycles. The van der Waals surface area contributed by atoms with Gasteiger partial charge in [0.15, 0.2) is 0 Å². The van der Waals surface area contributed by atoms with Gasteiger partial charge in [-0.3, -0.25) is 4.79 Å². The fourth-order valence-corrected chi connectivity index (χ4v) is 4.50. The maximum atomic E-state index is 13.0. The van der Waals surface area contributed by atoms with Gasteiger partial charge >= 0.3 is 5.97 Å². The lowest BCUT2D eigenvalue weighted by atomic mass is 10.0. The van der Waals surface area contributed by atoms with Crippen LogP contribution in [0.5, 0.6) is 0 Å². The number of methoxy groups -OCH3 is 1. The van der Waals surface area contributed by atoms with Gasteiger partial charge in [0.2, 0.25) is 0 Å². The maximum Gasteiger partial charge on any atom is 0.341 e. The van der Waals surface area contributed by atoms with Crippen molar-refractivity contribution in [2.75, 3.05) is 12.4 Å². The predicted molar refractivity (Wildman–Crippen MR) is 128 cm³/mol. The van der Waals surface area contributed by atoms with Gasteiger partial charge in [-0.25, -0.2) is 4.79 Å². The van der Waals surface area contributed by atoms with Gasteiger partial charge in [0, 0.05) is 16.5 Å². The molecule has 1 N–H and O–H groups in total. The molecule has 0 spiro atoms. The fraction of sp³-hybridized carbons (Fsp3) is 0.0833. The Morgan fingerprint density at radius 1 is 1.00 bits per heavy atom. The Morgan fingerprint density at radius 3 is 2.44 bits per heavy atom. The molecular weight excluding hydrogens is 469 g/mol. The van der Waals surface area contributed by atoms with Crippen molar-refractivity contribution in [1.82, 2.24) is 0 Å². The molecule has 0 aliphatic heterocycles. The number of furan rings is 1. The van der Waals surface area contributed by atoms with Crippen LogP contribution in [0.2, 0.25) is 10.0 Å². The second-order valence-electron chi connectivity index (χ2n) is 6.87. The normalized spacial score (nSPS) is 10.8. The zero-order valence-electron chi connectivity index (χ0n) is 17.1. The molecule has 0 atom stereocenters. The number of benzene rings is 2. The van der Waals surface area contributed by atoms with Crippen LogP contribution < -0.4 is 5.32 Å². The number of hydrogen-bond acceptors (Lipinski definition) is 5. The summed E-state index contributed by atoms with van der Waals surface area (Å²) in [5.74, 6) is -0.0106. The summed E-state index contributed by atoms with van der Waals surface area (Å²) in [5, 5.41) is 5.87. The Kier molecular flexibility index (Phi) is 6.37. The summed E-state index contributed by atoms with van der Waals surface area (Å²) in [6.45, 7) is 1.70. The molecule has 2 heterocycles.